The van der Waals surface area contributed by atoms with Gasteiger partial charge in [0.05, 0.1) is 11.6 Å². The van der Waals surface area contributed by atoms with Gasteiger partial charge in [0.25, 0.3) is 5.91 Å². The van der Waals surface area contributed by atoms with Gasteiger partial charge in [-0.2, -0.15) is 0 Å². The number of carbonyl (C=O) groups is 1. The molecule has 1 saturated carbocycles. The van der Waals surface area contributed by atoms with E-state index in [1.165, 1.54) is 37.8 Å². The van der Waals surface area contributed by atoms with Crippen molar-refractivity contribution >= 4 is 11.6 Å². The molecule has 6 heteroatoms. The van der Waals surface area contributed by atoms with E-state index in [1.54, 1.807) is 0 Å². The van der Waals surface area contributed by atoms with Gasteiger partial charge in [-0.25, -0.2) is 0 Å². The predicted octanol–water partition coefficient (Wildman–Crippen LogP) is 4.14. The SMILES string of the molecule is Cc1cc(C(=O)NC(C)c2nnc3ccccn23)c(C)n1C1CCCCC1. The summed E-state index contributed by atoms with van der Waals surface area (Å²) in [5.41, 5.74) is 3.78. The first kappa shape index (κ1) is 17.8. The Morgan fingerprint density at radius 1 is 1.19 bits per heavy atom. The fraction of sp³-hybridized carbons (Fsp3) is 0.476. The molecule has 3 aromatic heterocycles. The number of pyridine rings is 1. The lowest BCUT2D eigenvalue weighted by Crippen LogP contribution is -2.28. The molecule has 142 valence electrons. The average Bonchev–Trinajstić information content (AvgIpc) is 3.23. The number of aryl methyl sites for hydroxylation is 1. The lowest BCUT2D eigenvalue weighted by atomic mass is 9.95. The third-order valence-corrected chi connectivity index (χ3v) is 5.74. The second-order valence-corrected chi connectivity index (χ2v) is 7.63. The van der Waals surface area contributed by atoms with Crippen molar-refractivity contribution in [1.82, 2.24) is 24.5 Å². The van der Waals surface area contributed by atoms with Crippen LogP contribution in [-0.2, 0) is 0 Å². The van der Waals surface area contributed by atoms with E-state index in [2.05, 4.69) is 33.9 Å². The minimum atomic E-state index is -0.229. The van der Waals surface area contributed by atoms with Gasteiger partial charge in [-0.05, 0) is 51.8 Å². The van der Waals surface area contributed by atoms with Gasteiger partial charge in [-0.3, -0.25) is 9.20 Å². The van der Waals surface area contributed by atoms with E-state index in [9.17, 15) is 4.79 Å². The molecule has 1 atom stereocenters. The molecule has 0 bridgehead atoms. The number of hydrogen-bond donors (Lipinski definition) is 1. The van der Waals surface area contributed by atoms with E-state index in [0.29, 0.717) is 6.04 Å². The predicted molar refractivity (Wildman–Crippen MR) is 105 cm³/mol. The molecule has 0 aromatic carbocycles. The standard InChI is InChI=1S/C21H27N5O/c1-14-13-18(16(3)26(14)17-9-5-4-6-10-17)21(27)22-15(2)20-24-23-19-11-7-8-12-25(19)20/h7-8,11-13,15,17H,4-6,9-10H2,1-3H3,(H,22,27). The molecular weight excluding hydrogens is 338 g/mol. The first-order chi connectivity index (χ1) is 13.1. The Labute approximate surface area is 159 Å². The first-order valence-electron chi connectivity index (χ1n) is 9.85. The van der Waals surface area contributed by atoms with E-state index in [4.69, 9.17) is 0 Å². The van der Waals surface area contributed by atoms with Crippen LogP contribution in [0.3, 0.4) is 0 Å². The van der Waals surface area contributed by atoms with Crippen molar-refractivity contribution in [1.29, 1.82) is 0 Å². The molecule has 1 unspecified atom stereocenters. The van der Waals surface area contributed by atoms with Crippen molar-refractivity contribution in [3.05, 3.63) is 53.2 Å². The van der Waals surface area contributed by atoms with Gasteiger partial charge in [-0.1, -0.05) is 25.3 Å². The van der Waals surface area contributed by atoms with Crippen LogP contribution in [0.4, 0.5) is 0 Å². The van der Waals surface area contributed by atoms with Crippen molar-refractivity contribution in [3.8, 4) is 0 Å². The maximum Gasteiger partial charge on any atom is 0.253 e. The highest BCUT2D eigenvalue weighted by atomic mass is 16.1. The zero-order valence-electron chi connectivity index (χ0n) is 16.3. The first-order valence-corrected chi connectivity index (χ1v) is 9.85. The average molecular weight is 365 g/mol. The highest BCUT2D eigenvalue weighted by molar-refractivity contribution is 5.96. The zero-order valence-corrected chi connectivity index (χ0v) is 16.3. The summed E-state index contributed by atoms with van der Waals surface area (Å²) in [4.78, 5) is 13.0. The van der Waals surface area contributed by atoms with Gasteiger partial charge in [-0.15, -0.1) is 10.2 Å². The van der Waals surface area contributed by atoms with Gasteiger partial charge >= 0.3 is 0 Å². The summed E-state index contributed by atoms with van der Waals surface area (Å²) in [6.07, 6.45) is 8.22. The van der Waals surface area contributed by atoms with Crippen LogP contribution >= 0.6 is 0 Å². The van der Waals surface area contributed by atoms with Gasteiger partial charge in [0.2, 0.25) is 0 Å². The van der Waals surface area contributed by atoms with E-state index in [-0.39, 0.29) is 11.9 Å². The third-order valence-electron chi connectivity index (χ3n) is 5.74. The molecule has 1 fully saturated rings. The topological polar surface area (TPSA) is 64.2 Å². The summed E-state index contributed by atoms with van der Waals surface area (Å²) < 4.78 is 4.28. The monoisotopic (exact) mass is 365 g/mol. The molecule has 3 aromatic rings. The Balaban J connectivity index is 1.56. The highest BCUT2D eigenvalue weighted by Crippen LogP contribution is 2.32. The summed E-state index contributed by atoms with van der Waals surface area (Å²) >= 11 is 0. The number of fused-ring (bicyclic) bond motifs is 1. The lowest BCUT2D eigenvalue weighted by Gasteiger charge is -2.26. The second kappa shape index (κ2) is 7.18. The Morgan fingerprint density at radius 3 is 2.74 bits per heavy atom. The molecule has 0 radical (unpaired) electrons. The molecule has 1 aliphatic carbocycles. The molecule has 1 aliphatic rings. The number of rotatable bonds is 4. The normalized spacial score (nSPS) is 16.6. The Bertz CT molecular complexity index is 964. The molecular formula is C21H27N5O. The summed E-state index contributed by atoms with van der Waals surface area (Å²) in [6, 6.07) is 8.09. The molecule has 3 heterocycles. The van der Waals surface area contributed by atoms with Crippen molar-refractivity contribution in [2.75, 3.05) is 0 Å². The van der Waals surface area contributed by atoms with E-state index in [1.807, 2.05) is 41.8 Å². The third kappa shape index (κ3) is 3.24. The molecule has 27 heavy (non-hydrogen) atoms. The maximum atomic E-state index is 13.0. The van der Waals surface area contributed by atoms with Gasteiger partial charge in [0, 0.05) is 23.6 Å². The fourth-order valence-corrected chi connectivity index (χ4v) is 4.40. The number of amides is 1. The lowest BCUT2D eigenvalue weighted by molar-refractivity contribution is 0.0937. The number of nitrogens with zero attached hydrogens (tertiary/aromatic N) is 4. The van der Waals surface area contributed by atoms with Gasteiger partial charge < -0.3 is 9.88 Å². The smallest absolute Gasteiger partial charge is 0.253 e. The van der Waals surface area contributed by atoms with Gasteiger partial charge in [0.1, 0.15) is 0 Å². The molecule has 1 amide bonds. The van der Waals surface area contributed by atoms with Crippen molar-refractivity contribution in [3.63, 3.8) is 0 Å². The Hall–Kier alpha value is -2.63. The minimum absolute atomic E-state index is 0.0506. The van der Waals surface area contributed by atoms with Crippen LogP contribution in [-0.4, -0.2) is 25.1 Å². The van der Waals surface area contributed by atoms with Crippen LogP contribution in [0.15, 0.2) is 30.5 Å². The molecule has 0 spiro atoms. The number of nitrogens with one attached hydrogen (secondary N) is 1. The van der Waals surface area contributed by atoms with Crippen molar-refractivity contribution in [2.45, 2.75) is 65.0 Å². The summed E-state index contributed by atoms with van der Waals surface area (Å²) in [6.45, 7) is 6.11. The minimum Gasteiger partial charge on any atom is -0.345 e. The maximum absolute atomic E-state index is 13.0. The Morgan fingerprint density at radius 2 is 1.96 bits per heavy atom. The fourth-order valence-electron chi connectivity index (χ4n) is 4.40. The van der Waals surface area contributed by atoms with E-state index in [0.717, 1.165) is 22.7 Å². The van der Waals surface area contributed by atoms with Crippen LogP contribution in [0.5, 0.6) is 0 Å². The van der Waals surface area contributed by atoms with Crippen LogP contribution in [0.1, 0.15) is 78.7 Å². The summed E-state index contributed by atoms with van der Waals surface area (Å²) in [7, 11) is 0. The van der Waals surface area contributed by atoms with Crippen LogP contribution in [0.25, 0.3) is 5.65 Å². The van der Waals surface area contributed by atoms with E-state index >= 15 is 0 Å². The highest BCUT2D eigenvalue weighted by Gasteiger charge is 2.24. The zero-order chi connectivity index (χ0) is 19.0. The van der Waals surface area contributed by atoms with Gasteiger partial charge in [0.15, 0.2) is 11.5 Å². The summed E-state index contributed by atoms with van der Waals surface area (Å²) in [5.74, 6) is 0.686. The van der Waals surface area contributed by atoms with Crippen LogP contribution < -0.4 is 5.32 Å². The number of carbonyl (C=O) groups excluding carboxylic acids is 1. The quantitative estimate of drug-likeness (QED) is 0.755. The molecule has 4 rings (SSSR count). The molecule has 0 saturated heterocycles. The molecule has 6 nitrogen and oxygen atoms in total. The van der Waals surface area contributed by atoms with E-state index < -0.39 is 0 Å². The summed E-state index contributed by atoms with van der Waals surface area (Å²) in [5, 5.41) is 11.5. The van der Waals surface area contributed by atoms with Crippen molar-refractivity contribution in [2.24, 2.45) is 0 Å². The number of hydrogen-bond acceptors (Lipinski definition) is 3. The number of aromatic nitrogens is 4. The molecule has 0 aliphatic heterocycles. The Kier molecular flexibility index (Phi) is 4.72. The second-order valence-electron chi connectivity index (χ2n) is 7.63. The van der Waals surface area contributed by atoms with Crippen LogP contribution in [0, 0.1) is 13.8 Å². The largest absolute Gasteiger partial charge is 0.345 e. The van der Waals surface area contributed by atoms with Crippen molar-refractivity contribution < 1.29 is 4.79 Å². The molecule has 1 N–H and O–H groups in total. The van der Waals surface area contributed by atoms with Crippen LogP contribution in [0.2, 0.25) is 0 Å².